The molecule has 216 valence electrons. The summed E-state index contributed by atoms with van der Waals surface area (Å²) < 4.78 is 54.7. The molecular weight excluding hydrogens is 526 g/mol. The minimum atomic E-state index is -4.67. The highest BCUT2D eigenvalue weighted by molar-refractivity contribution is 5.62. The molecule has 1 aromatic carbocycles. The zero-order valence-electron chi connectivity index (χ0n) is 23.2. The van der Waals surface area contributed by atoms with Crippen LogP contribution in [-0.2, 0) is 26.3 Å². The lowest BCUT2D eigenvalue weighted by molar-refractivity contribution is -0.137. The number of rotatable bonds is 9. The van der Waals surface area contributed by atoms with Crippen LogP contribution in [0, 0.1) is 11.7 Å². The Labute approximate surface area is 231 Å². The monoisotopic (exact) mass is 561 g/mol. The number of tetrazole rings is 1. The van der Waals surface area contributed by atoms with E-state index in [1.165, 1.54) is 30.5 Å². The Morgan fingerprint density at radius 3 is 2.45 bits per heavy atom. The molecule has 0 amide bonds. The van der Waals surface area contributed by atoms with Crippen molar-refractivity contribution in [2.75, 3.05) is 34.9 Å². The number of nitrogens with one attached hydrogen (secondary N) is 1. The molecular formula is C27H35F4N9. The lowest BCUT2D eigenvalue weighted by atomic mass is 10.0. The summed E-state index contributed by atoms with van der Waals surface area (Å²) >= 11 is 0. The van der Waals surface area contributed by atoms with Crippen molar-refractivity contribution in [3.05, 3.63) is 52.3 Å². The van der Waals surface area contributed by atoms with Gasteiger partial charge in [0.25, 0.3) is 5.95 Å². The van der Waals surface area contributed by atoms with Crippen molar-refractivity contribution in [1.82, 2.24) is 30.6 Å². The molecule has 1 aliphatic heterocycles. The molecule has 0 bridgehead atoms. The molecule has 0 spiro atoms. The van der Waals surface area contributed by atoms with E-state index in [0.717, 1.165) is 48.0 Å². The van der Waals surface area contributed by atoms with E-state index >= 15 is 0 Å². The van der Waals surface area contributed by atoms with Gasteiger partial charge in [-0.1, -0.05) is 17.9 Å². The van der Waals surface area contributed by atoms with Crippen LogP contribution in [-0.4, -0.2) is 45.3 Å². The van der Waals surface area contributed by atoms with Crippen LogP contribution in [0.2, 0.25) is 0 Å². The Morgan fingerprint density at radius 2 is 1.80 bits per heavy atom. The van der Waals surface area contributed by atoms with Crippen molar-refractivity contribution in [3.8, 4) is 0 Å². The van der Waals surface area contributed by atoms with E-state index in [2.05, 4.69) is 45.7 Å². The van der Waals surface area contributed by atoms with Gasteiger partial charge in [-0.05, 0) is 67.6 Å². The summed E-state index contributed by atoms with van der Waals surface area (Å²) in [6, 6.07) is 4.72. The molecule has 9 nitrogen and oxygen atoms in total. The third-order valence-electron chi connectivity index (χ3n) is 7.69. The number of hydrazine groups is 1. The summed E-state index contributed by atoms with van der Waals surface area (Å²) in [6.07, 6.45) is 0.172. The third-order valence-corrected chi connectivity index (χ3v) is 7.69. The zero-order valence-corrected chi connectivity index (χ0v) is 23.2. The normalized spacial score (nSPS) is 17.5. The predicted molar refractivity (Wildman–Crippen MR) is 144 cm³/mol. The molecule has 2 aliphatic rings. The Morgan fingerprint density at radius 1 is 1.05 bits per heavy atom. The highest BCUT2D eigenvalue weighted by Crippen LogP contribution is 2.37. The van der Waals surface area contributed by atoms with Crippen LogP contribution in [0.15, 0.2) is 24.3 Å². The maximum Gasteiger partial charge on any atom is 0.416 e. The molecule has 0 saturated heterocycles. The van der Waals surface area contributed by atoms with Crippen molar-refractivity contribution in [3.63, 3.8) is 0 Å². The van der Waals surface area contributed by atoms with E-state index in [1.54, 1.807) is 11.9 Å². The number of aryl methyl sites for hydroxylation is 1. The average Bonchev–Trinajstić information content (AvgIpc) is 3.62. The van der Waals surface area contributed by atoms with E-state index in [4.69, 9.17) is 4.98 Å². The lowest BCUT2D eigenvalue weighted by Gasteiger charge is -2.30. The Hall–Kier alpha value is -3.48. The van der Waals surface area contributed by atoms with Crippen molar-refractivity contribution >= 4 is 17.6 Å². The molecule has 3 heterocycles. The molecule has 1 N–H and O–H groups in total. The zero-order chi connectivity index (χ0) is 28.6. The van der Waals surface area contributed by atoms with Gasteiger partial charge in [0, 0.05) is 44.4 Å². The van der Waals surface area contributed by atoms with Gasteiger partial charge in [-0.3, -0.25) is 5.01 Å². The SMILES string of the molecule is CCN(CC1CCCC1)c1nc2c(cc1CN(Cc1cc(F)cc(C(F)(F)F)c1)c1nnn(C)n1)C(C)NN2C. The summed E-state index contributed by atoms with van der Waals surface area (Å²) in [6.45, 7) is 5.99. The van der Waals surface area contributed by atoms with E-state index in [0.29, 0.717) is 12.0 Å². The van der Waals surface area contributed by atoms with Crippen LogP contribution in [0.1, 0.15) is 67.8 Å². The number of nitrogens with zero attached hydrogens (tertiary/aromatic N) is 8. The van der Waals surface area contributed by atoms with Crippen LogP contribution in [0.3, 0.4) is 0 Å². The first-order valence-corrected chi connectivity index (χ1v) is 13.7. The third kappa shape index (κ3) is 5.98. The molecule has 1 fully saturated rings. The van der Waals surface area contributed by atoms with E-state index in [1.807, 2.05) is 12.1 Å². The second-order valence-electron chi connectivity index (χ2n) is 10.8. The van der Waals surface area contributed by atoms with Crippen molar-refractivity contribution in [1.29, 1.82) is 0 Å². The molecule has 2 aromatic heterocycles. The summed E-state index contributed by atoms with van der Waals surface area (Å²) in [7, 11) is 3.55. The number of fused-ring (bicyclic) bond motifs is 1. The number of benzene rings is 1. The van der Waals surface area contributed by atoms with Crippen molar-refractivity contribution in [2.45, 2.75) is 64.8 Å². The molecule has 3 aromatic rings. The van der Waals surface area contributed by atoms with Crippen molar-refractivity contribution < 1.29 is 17.6 Å². The smallest absolute Gasteiger partial charge is 0.356 e. The van der Waals surface area contributed by atoms with Gasteiger partial charge in [0.2, 0.25) is 0 Å². The van der Waals surface area contributed by atoms with Crippen LogP contribution in [0.5, 0.6) is 0 Å². The lowest BCUT2D eigenvalue weighted by Crippen LogP contribution is -2.33. The van der Waals surface area contributed by atoms with Gasteiger partial charge in [0.1, 0.15) is 17.5 Å². The fourth-order valence-corrected chi connectivity index (χ4v) is 5.75. The molecule has 1 unspecified atom stereocenters. The maximum atomic E-state index is 14.3. The summed E-state index contributed by atoms with van der Waals surface area (Å²) in [5, 5.41) is 14.3. The van der Waals surface area contributed by atoms with Crippen LogP contribution in [0.4, 0.5) is 35.1 Å². The Bertz CT molecular complexity index is 1340. The maximum absolute atomic E-state index is 14.3. The minimum Gasteiger partial charge on any atom is -0.356 e. The molecule has 0 radical (unpaired) electrons. The van der Waals surface area contributed by atoms with Crippen LogP contribution < -0.4 is 20.2 Å². The highest BCUT2D eigenvalue weighted by atomic mass is 19.4. The molecule has 5 rings (SSSR count). The fourth-order valence-electron chi connectivity index (χ4n) is 5.75. The molecule has 13 heteroatoms. The summed E-state index contributed by atoms with van der Waals surface area (Å²) in [5.41, 5.74) is 4.41. The predicted octanol–water partition coefficient (Wildman–Crippen LogP) is 5.00. The minimum absolute atomic E-state index is 0.0332. The second kappa shape index (κ2) is 11.2. The first kappa shape index (κ1) is 28.1. The quantitative estimate of drug-likeness (QED) is 0.366. The summed E-state index contributed by atoms with van der Waals surface area (Å²) in [4.78, 5) is 10.4. The van der Waals surface area contributed by atoms with Gasteiger partial charge < -0.3 is 9.80 Å². The Balaban J connectivity index is 1.55. The summed E-state index contributed by atoms with van der Waals surface area (Å²) in [5.74, 6) is 1.53. The highest BCUT2D eigenvalue weighted by Gasteiger charge is 2.32. The number of aromatic nitrogens is 5. The standard InChI is InChI=1S/C27H35F4N9/c1-5-39(14-18-8-6-7-9-18)24-20(12-23-17(2)34-37(3)25(23)32-24)16-40(26-33-36-38(4)35-26)15-19-10-21(27(29,30)31)13-22(28)11-19/h10-13,17-18,34H,5-9,14-16H2,1-4H3. The average molecular weight is 562 g/mol. The first-order chi connectivity index (χ1) is 19.0. The fraction of sp³-hybridized carbons (Fsp3) is 0.556. The number of alkyl halides is 3. The topological polar surface area (TPSA) is 78.2 Å². The van der Waals surface area contributed by atoms with Crippen LogP contribution in [0.25, 0.3) is 0 Å². The van der Waals surface area contributed by atoms with Crippen LogP contribution >= 0.6 is 0 Å². The second-order valence-corrected chi connectivity index (χ2v) is 10.8. The van der Waals surface area contributed by atoms with Gasteiger partial charge >= 0.3 is 6.18 Å². The van der Waals surface area contributed by atoms with E-state index < -0.39 is 17.6 Å². The van der Waals surface area contributed by atoms with E-state index in [9.17, 15) is 17.6 Å². The van der Waals surface area contributed by atoms with Gasteiger partial charge in [-0.15, -0.1) is 5.10 Å². The van der Waals surface area contributed by atoms with E-state index in [-0.39, 0.29) is 30.6 Å². The number of halogens is 4. The number of hydrogen-bond donors (Lipinski definition) is 1. The number of hydrogen-bond acceptors (Lipinski definition) is 8. The molecule has 1 aliphatic carbocycles. The van der Waals surface area contributed by atoms with Crippen molar-refractivity contribution in [2.24, 2.45) is 13.0 Å². The molecule has 1 atom stereocenters. The number of pyridine rings is 1. The van der Waals surface area contributed by atoms with Gasteiger partial charge in [-0.25, -0.2) is 14.8 Å². The first-order valence-electron chi connectivity index (χ1n) is 13.7. The molecule has 1 saturated carbocycles. The van der Waals surface area contributed by atoms with Gasteiger partial charge in [0.15, 0.2) is 0 Å². The van der Waals surface area contributed by atoms with Gasteiger partial charge in [0.05, 0.1) is 18.7 Å². The molecule has 40 heavy (non-hydrogen) atoms. The number of anilines is 3. The Kier molecular flexibility index (Phi) is 7.85. The van der Waals surface area contributed by atoms with Gasteiger partial charge in [-0.2, -0.15) is 18.0 Å². The largest absolute Gasteiger partial charge is 0.416 e.